The van der Waals surface area contributed by atoms with Crippen molar-refractivity contribution in [2.24, 2.45) is 0 Å². The van der Waals surface area contributed by atoms with Crippen molar-refractivity contribution in [2.75, 3.05) is 26.4 Å². The molecule has 4 heterocycles. The summed E-state index contributed by atoms with van der Waals surface area (Å²) in [4.78, 5) is 10.6. The van der Waals surface area contributed by atoms with Gasteiger partial charge < -0.3 is 18.9 Å². The van der Waals surface area contributed by atoms with Crippen LogP contribution in [-0.4, -0.2) is 36.4 Å². The highest BCUT2D eigenvalue weighted by molar-refractivity contribution is 6.04. The van der Waals surface area contributed by atoms with Crippen LogP contribution < -0.4 is 18.9 Å². The fourth-order valence-corrected chi connectivity index (χ4v) is 6.61. The van der Waals surface area contributed by atoms with Crippen molar-refractivity contribution in [3.05, 3.63) is 72.8 Å². The van der Waals surface area contributed by atoms with Crippen molar-refractivity contribution in [3.8, 4) is 45.5 Å². The van der Waals surface area contributed by atoms with Crippen LogP contribution in [0.2, 0.25) is 0 Å². The molecule has 0 amide bonds. The first-order valence-corrected chi connectivity index (χ1v) is 17.3. The number of aromatic nitrogens is 2. The maximum absolute atomic E-state index is 6.47. The molecular weight excluding hydrogens is 572 g/mol. The van der Waals surface area contributed by atoms with Gasteiger partial charge in [0.2, 0.25) is 0 Å². The first-order valence-electron chi connectivity index (χ1n) is 17.3. The molecule has 0 spiro atoms. The normalized spacial score (nSPS) is 16.9. The summed E-state index contributed by atoms with van der Waals surface area (Å²) in [7, 11) is 0. The smallest absolute Gasteiger partial charge is 0.132 e. The molecule has 0 N–H and O–H groups in total. The Kier molecular flexibility index (Phi) is 9.79. The molecule has 0 radical (unpaired) electrons. The molecule has 2 aliphatic rings. The maximum Gasteiger partial charge on any atom is 0.132 e. The molecule has 46 heavy (non-hydrogen) atoms. The minimum atomic E-state index is 0.669. The van der Waals surface area contributed by atoms with Gasteiger partial charge in [-0.3, -0.25) is 0 Å². The molecule has 6 bridgehead atoms. The lowest BCUT2D eigenvalue weighted by Gasteiger charge is -2.18. The molecule has 0 aliphatic carbocycles. The zero-order valence-electron chi connectivity index (χ0n) is 26.8. The summed E-state index contributed by atoms with van der Waals surface area (Å²) >= 11 is 0. The number of hydrogen-bond donors (Lipinski definition) is 0. The van der Waals surface area contributed by atoms with Crippen molar-refractivity contribution in [1.82, 2.24) is 9.97 Å². The Morgan fingerprint density at radius 3 is 1.00 bits per heavy atom. The molecule has 0 fully saturated rings. The van der Waals surface area contributed by atoms with Gasteiger partial charge in [-0.15, -0.1) is 0 Å². The van der Waals surface area contributed by atoms with Crippen molar-refractivity contribution in [1.29, 1.82) is 0 Å². The van der Waals surface area contributed by atoms with Crippen LogP contribution in [0.1, 0.15) is 77.0 Å². The van der Waals surface area contributed by atoms with Crippen LogP contribution in [-0.2, 0) is 0 Å². The molecule has 0 atom stereocenters. The van der Waals surface area contributed by atoms with Gasteiger partial charge in [-0.2, -0.15) is 0 Å². The van der Waals surface area contributed by atoms with Gasteiger partial charge in [0.15, 0.2) is 0 Å². The Hall–Kier alpha value is -4.32. The Labute approximate surface area is 272 Å². The molecule has 0 saturated heterocycles. The quantitative estimate of drug-likeness (QED) is 0.161. The summed E-state index contributed by atoms with van der Waals surface area (Å²) in [6.07, 6.45) is 13.4. The first-order chi connectivity index (χ1) is 22.8. The summed E-state index contributed by atoms with van der Waals surface area (Å²) in [5, 5.41) is 2.07. The molecule has 0 saturated carbocycles. The average Bonchev–Trinajstić information content (AvgIpc) is 3.08. The predicted molar refractivity (Wildman–Crippen MR) is 185 cm³/mol. The van der Waals surface area contributed by atoms with E-state index in [0.717, 1.165) is 119 Å². The van der Waals surface area contributed by atoms with E-state index < -0.39 is 0 Å². The number of hydrogen-bond acceptors (Lipinski definition) is 6. The molecule has 2 aromatic heterocycles. The molecule has 5 aromatic rings. The lowest BCUT2D eigenvalue weighted by atomic mass is 10.0. The monoisotopic (exact) mass is 616 g/mol. The van der Waals surface area contributed by atoms with Crippen LogP contribution in [0.25, 0.3) is 44.3 Å². The fourth-order valence-electron chi connectivity index (χ4n) is 6.61. The Balaban J connectivity index is 1.42. The number of rotatable bonds is 0. The standard InChI is InChI=1S/C40H44N2O4/c1-2-6-10-26-44-34-16-14-18-36-38(34)32-24-22-30-20-19-29-21-23-31(41-39(29)40(30)42-32)37-33(43-25-9-5-1)15-13-17-35(37)45-27-11-7-3-4-8-12-28-46-36/h13-24H,1-12,25-28H2. The third-order valence-corrected chi connectivity index (χ3v) is 9.12. The number of benzene rings is 3. The van der Waals surface area contributed by atoms with E-state index in [1.165, 1.54) is 25.7 Å². The van der Waals surface area contributed by atoms with Gasteiger partial charge in [0, 0.05) is 10.8 Å². The zero-order valence-corrected chi connectivity index (χ0v) is 26.8. The molecule has 3 aromatic carbocycles. The second-order valence-electron chi connectivity index (χ2n) is 12.5. The molecular formula is C40H44N2O4. The fraction of sp³-hybridized carbons (Fsp3) is 0.400. The van der Waals surface area contributed by atoms with E-state index >= 15 is 0 Å². The Morgan fingerprint density at radius 1 is 0.348 bits per heavy atom. The predicted octanol–water partition coefficient (Wildman–Crippen LogP) is 10.3. The number of ether oxygens (including phenoxy) is 4. The molecule has 238 valence electrons. The van der Waals surface area contributed by atoms with E-state index in [2.05, 4.69) is 60.7 Å². The molecule has 0 unspecified atom stereocenters. The Morgan fingerprint density at radius 2 is 0.652 bits per heavy atom. The third-order valence-electron chi connectivity index (χ3n) is 9.12. The molecule has 6 heteroatoms. The van der Waals surface area contributed by atoms with E-state index in [1.54, 1.807) is 0 Å². The topological polar surface area (TPSA) is 62.7 Å². The van der Waals surface area contributed by atoms with Gasteiger partial charge in [0.1, 0.15) is 23.0 Å². The van der Waals surface area contributed by atoms with Gasteiger partial charge >= 0.3 is 0 Å². The van der Waals surface area contributed by atoms with E-state index in [4.69, 9.17) is 28.9 Å². The van der Waals surface area contributed by atoms with Crippen LogP contribution >= 0.6 is 0 Å². The maximum atomic E-state index is 6.47. The summed E-state index contributed by atoms with van der Waals surface area (Å²) in [5.41, 5.74) is 5.18. The van der Waals surface area contributed by atoms with Crippen LogP contribution in [0.4, 0.5) is 0 Å². The van der Waals surface area contributed by atoms with E-state index in [1.807, 2.05) is 12.1 Å². The average molecular weight is 617 g/mol. The van der Waals surface area contributed by atoms with Crippen molar-refractivity contribution >= 4 is 21.8 Å². The third kappa shape index (κ3) is 6.91. The summed E-state index contributed by atoms with van der Waals surface area (Å²) in [5.74, 6) is 3.29. The number of pyridine rings is 2. The van der Waals surface area contributed by atoms with Gasteiger partial charge in [0.05, 0.1) is 60.0 Å². The van der Waals surface area contributed by atoms with Crippen molar-refractivity contribution in [3.63, 3.8) is 0 Å². The molecule has 7 rings (SSSR count). The van der Waals surface area contributed by atoms with Crippen molar-refractivity contribution in [2.45, 2.75) is 77.0 Å². The van der Waals surface area contributed by atoms with Crippen LogP contribution in [0.15, 0.2) is 72.8 Å². The largest absolute Gasteiger partial charge is 0.493 e. The van der Waals surface area contributed by atoms with Gasteiger partial charge in [-0.05, 0) is 62.1 Å². The van der Waals surface area contributed by atoms with Gasteiger partial charge in [-0.25, -0.2) is 9.97 Å². The Bertz CT molecular complexity index is 1590. The lowest BCUT2D eigenvalue weighted by Crippen LogP contribution is -2.05. The van der Waals surface area contributed by atoms with Gasteiger partial charge in [-0.1, -0.05) is 87.8 Å². The van der Waals surface area contributed by atoms with Gasteiger partial charge in [0.25, 0.3) is 0 Å². The first kappa shape index (κ1) is 30.3. The zero-order chi connectivity index (χ0) is 31.0. The van der Waals surface area contributed by atoms with E-state index in [9.17, 15) is 0 Å². The van der Waals surface area contributed by atoms with E-state index in [0.29, 0.717) is 26.4 Å². The highest BCUT2D eigenvalue weighted by Gasteiger charge is 2.19. The minimum absolute atomic E-state index is 0.669. The second-order valence-corrected chi connectivity index (χ2v) is 12.5. The lowest BCUT2D eigenvalue weighted by molar-refractivity contribution is 0.285. The highest BCUT2D eigenvalue weighted by Crippen LogP contribution is 2.41. The van der Waals surface area contributed by atoms with Crippen LogP contribution in [0.3, 0.4) is 0 Å². The second kappa shape index (κ2) is 14.8. The summed E-state index contributed by atoms with van der Waals surface area (Å²) in [6.45, 7) is 2.68. The van der Waals surface area contributed by atoms with Crippen LogP contribution in [0.5, 0.6) is 23.0 Å². The molecule has 6 nitrogen and oxygen atoms in total. The minimum Gasteiger partial charge on any atom is -0.493 e. The number of nitrogens with zero attached hydrogens (tertiary/aromatic N) is 2. The highest BCUT2D eigenvalue weighted by atomic mass is 16.5. The summed E-state index contributed by atoms with van der Waals surface area (Å²) in [6, 6.07) is 25.0. The molecule has 2 aliphatic heterocycles. The SMILES string of the molecule is c1cc2c3c(c1)OCCCCCCCCOc1cccc(c1-c1ccc4ccc5ccc-3nc5c4n1)OCCCCCCCCO2. The van der Waals surface area contributed by atoms with Crippen LogP contribution in [0, 0.1) is 0 Å². The van der Waals surface area contributed by atoms with E-state index in [-0.39, 0.29) is 0 Å². The summed E-state index contributed by atoms with van der Waals surface area (Å²) < 4.78 is 25.9. The van der Waals surface area contributed by atoms with Crippen molar-refractivity contribution < 1.29 is 18.9 Å².